The van der Waals surface area contributed by atoms with Gasteiger partial charge in [0.2, 0.25) is 10.0 Å². The van der Waals surface area contributed by atoms with Crippen molar-refractivity contribution in [2.45, 2.75) is 24.7 Å². The van der Waals surface area contributed by atoms with Crippen molar-refractivity contribution in [3.05, 3.63) is 66.2 Å². The lowest BCUT2D eigenvalue weighted by atomic mass is 10.1. The summed E-state index contributed by atoms with van der Waals surface area (Å²) < 4.78 is 32.7. The number of nitrogens with zero attached hydrogens (tertiary/aromatic N) is 1. The minimum atomic E-state index is -3.58. The number of ether oxygens (including phenoxy) is 1. The molecule has 2 aromatic carbocycles. The van der Waals surface area contributed by atoms with Crippen molar-refractivity contribution in [1.82, 2.24) is 4.31 Å². The van der Waals surface area contributed by atoms with E-state index < -0.39 is 10.0 Å². The second-order valence-electron chi connectivity index (χ2n) is 6.67. The van der Waals surface area contributed by atoms with Crippen molar-refractivity contribution in [2.24, 2.45) is 0 Å². The Morgan fingerprint density at radius 2 is 1.86 bits per heavy atom. The molecule has 6 nitrogen and oxygen atoms in total. The number of hydrogen-bond acceptors (Lipinski definition) is 4. The zero-order valence-electron chi connectivity index (χ0n) is 15.8. The lowest BCUT2D eigenvalue weighted by Gasteiger charge is -2.18. The number of benzene rings is 2. The molecule has 1 N–H and O–H groups in total. The van der Waals surface area contributed by atoms with Crippen LogP contribution < -0.4 is 10.1 Å². The Kier molecular flexibility index (Phi) is 6.16. The molecule has 0 atom stereocenters. The largest absolute Gasteiger partial charge is 0.490 e. The van der Waals surface area contributed by atoms with E-state index in [1.54, 1.807) is 49.4 Å². The average Bonchev–Trinajstić information content (AvgIpc) is 3.23. The molecule has 1 heterocycles. The van der Waals surface area contributed by atoms with Gasteiger partial charge in [-0.25, -0.2) is 8.42 Å². The van der Waals surface area contributed by atoms with E-state index >= 15 is 0 Å². The third-order valence-corrected chi connectivity index (χ3v) is 6.65. The van der Waals surface area contributed by atoms with E-state index in [2.05, 4.69) is 11.9 Å². The molecule has 7 heteroatoms. The van der Waals surface area contributed by atoms with Crippen molar-refractivity contribution < 1.29 is 17.9 Å². The van der Waals surface area contributed by atoms with Gasteiger partial charge in [0.25, 0.3) is 5.91 Å². The van der Waals surface area contributed by atoms with Crippen LogP contribution in [0.15, 0.2) is 60.0 Å². The highest BCUT2D eigenvalue weighted by Crippen LogP contribution is 2.25. The molecule has 3 rings (SSSR count). The quantitative estimate of drug-likeness (QED) is 0.721. The number of nitrogens with one attached hydrogen (secondary N) is 1. The van der Waals surface area contributed by atoms with E-state index in [0.29, 0.717) is 42.3 Å². The third kappa shape index (κ3) is 4.43. The lowest BCUT2D eigenvalue weighted by Crippen LogP contribution is -2.28. The molecular formula is C21H24N2O4S. The summed E-state index contributed by atoms with van der Waals surface area (Å²) in [6.45, 7) is 6.80. The Labute approximate surface area is 165 Å². The van der Waals surface area contributed by atoms with E-state index in [-0.39, 0.29) is 10.8 Å². The normalized spacial score (nSPS) is 14.6. The standard InChI is InChI=1S/C21H24N2O4S/c1-3-14-27-19-10-8-18(9-11-19)22-21(24)17-7-6-16(2)20(15-17)28(25,26)23-12-4-5-13-23/h3,6-11,15H,1,4-5,12-14H2,2H3,(H,22,24). The van der Waals surface area contributed by atoms with Crippen LogP contribution in [0.3, 0.4) is 0 Å². The van der Waals surface area contributed by atoms with Crippen molar-refractivity contribution in [1.29, 1.82) is 0 Å². The molecule has 0 saturated carbocycles. The van der Waals surface area contributed by atoms with E-state index in [1.807, 2.05) is 0 Å². The summed E-state index contributed by atoms with van der Waals surface area (Å²) in [5.41, 5.74) is 1.53. The number of rotatable bonds is 7. The highest BCUT2D eigenvalue weighted by Gasteiger charge is 2.29. The predicted octanol–water partition coefficient (Wildman–Crippen LogP) is 3.60. The summed E-state index contributed by atoms with van der Waals surface area (Å²) in [5, 5.41) is 2.79. The molecule has 0 radical (unpaired) electrons. The summed E-state index contributed by atoms with van der Waals surface area (Å²) in [4.78, 5) is 12.8. The second-order valence-corrected chi connectivity index (χ2v) is 8.58. The van der Waals surface area contributed by atoms with Crippen molar-refractivity contribution in [3.8, 4) is 5.75 Å². The van der Waals surface area contributed by atoms with Crippen LogP contribution in [0.1, 0.15) is 28.8 Å². The van der Waals surface area contributed by atoms with Crippen LogP contribution in [0.2, 0.25) is 0 Å². The second kappa shape index (κ2) is 8.58. The summed E-state index contributed by atoms with van der Waals surface area (Å²) in [6, 6.07) is 11.7. The predicted molar refractivity (Wildman–Crippen MR) is 109 cm³/mol. The number of aryl methyl sites for hydroxylation is 1. The van der Waals surface area contributed by atoms with Gasteiger partial charge < -0.3 is 10.1 Å². The molecule has 0 aliphatic carbocycles. The van der Waals surface area contributed by atoms with Gasteiger partial charge >= 0.3 is 0 Å². The fourth-order valence-electron chi connectivity index (χ4n) is 3.08. The van der Waals surface area contributed by atoms with Crippen LogP contribution in [-0.2, 0) is 10.0 Å². The van der Waals surface area contributed by atoms with E-state index in [4.69, 9.17) is 4.74 Å². The number of amides is 1. The summed E-state index contributed by atoms with van der Waals surface area (Å²) >= 11 is 0. The van der Waals surface area contributed by atoms with Crippen molar-refractivity contribution in [2.75, 3.05) is 25.0 Å². The first kappa shape index (κ1) is 20.1. The zero-order valence-corrected chi connectivity index (χ0v) is 16.7. The van der Waals surface area contributed by atoms with Crippen LogP contribution in [0, 0.1) is 6.92 Å². The number of hydrogen-bond donors (Lipinski definition) is 1. The van der Waals surface area contributed by atoms with Crippen LogP contribution in [-0.4, -0.2) is 38.3 Å². The monoisotopic (exact) mass is 400 g/mol. The molecule has 0 aromatic heterocycles. The molecule has 0 unspecified atom stereocenters. The lowest BCUT2D eigenvalue weighted by molar-refractivity contribution is 0.102. The van der Waals surface area contributed by atoms with Gasteiger partial charge in [0.1, 0.15) is 12.4 Å². The van der Waals surface area contributed by atoms with Gasteiger partial charge in [0, 0.05) is 24.3 Å². The van der Waals surface area contributed by atoms with E-state index in [0.717, 1.165) is 12.8 Å². The van der Waals surface area contributed by atoms with Gasteiger partial charge in [-0.1, -0.05) is 18.7 Å². The summed E-state index contributed by atoms with van der Waals surface area (Å²) in [7, 11) is -3.58. The van der Waals surface area contributed by atoms with E-state index in [1.165, 1.54) is 10.4 Å². The molecule has 28 heavy (non-hydrogen) atoms. The van der Waals surface area contributed by atoms with Gasteiger partial charge in [-0.15, -0.1) is 0 Å². The molecule has 1 fully saturated rings. The maximum absolute atomic E-state index is 12.9. The summed E-state index contributed by atoms with van der Waals surface area (Å²) in [5.74, 6) is 0.310. The van der Waals surface area contributed by atoms with Crippen LogP contribution in [0.5, 0.6) is 5.75 Å². The zero-order chi connectivity index (χ0) is 20.1. The van der Waals surface area contributed by atoms with Crippen LogP contribution in [0.25, 0.3) is 0 Å². The molecule has 1 aliphatic heterocycles. The molecule has 1 amide bonds. The third-order valence-electron chi connectivity index (χ3n) is 4.61. The SMILES string of the molecule is C=CCOc1ccc(NC(=O)c2ccc(C)c(S(=O)(=O)N3CCCC3)c2)cc1. The Morgan fingerprint density at radius 1 is 1.18 bits per heavy atom. The molecule has 0 spiro atoms. The highest BCUT2D eigenvalue weighted by atomic mass is 32.2. The Hall–Kier alpha value is -2.64. The molecule has 2 aromatic rings. The van der Waals surface area contributed by atoms with Gasteiger partial charge in [0.15, 0.2) is 0 Å². The smallest absolute Gasteiger partial charge is 0.255 e. The van der Waals surface area contributed by atoms with Crippen LogP contribution >= 0.6 is 0 Å². The molecule has 1 saturated heterocycles. The van der Waals surface area contributed by atoms with Gasteiger partial charge in [-0.3, -0.25) is 4.79 Å². The maximum atomic E-state index is 12.9. The van der Waals surface area contributed by atoms with Gasteiger partial charge in [-0.2, -0.15) is 4.31 Å². The number of anilines is 1. The van der Waals surface area contributed by atoms with Crippen molar-refractivity contribution in [3.63, 3.8) is 0 Å². The van der Waals surface area contributed by atoms with Crippen LogP contribution in [0.4, 0.5) is 5.69 Å². The molecule has 0 bridgehead atoms. The van der Waals surface area contributed by atoms with Crippen molar-refractivity contribution >= 4 is 21.6 Å². The van der Waals surface area contributed by atoms with Gasteiger partial charge in [-0.05, 0) is 61.7 Å². The highest BCUT2D eigenvalue weighted by molar-refractivity contribution is 7.89. The first-order valence-electron chi connectivity index (χ1n) is 9.18. The maximum Gasteiger partial charge on any atom is 0.255 e. The summed E-state index contributed by atoms with van der Waals surface area (Å²) in [6.07, 6.45) is 3.39. The number of sulfonamides is 1. The Morgan fingerprint density at radius 3 is 2.50 bits per heavy atom. The minimum absolute atomic E-state index is 0.190. The fourth-order valence-corrected chi connectivity index (χ4v) is 4.85. The fraction of sp³-hybridized carbons (Fsp3) is 0.286. The molecular weight excluding hydrogens is 376 g/mol. The van der Waals surface area contributed by atoms with E-state index in [9.17, 15) is 13.2 Å². The first-order chi connectivity index (χ1) is 13.4. The number of carbonyl (C=O) groups excluding carboxylic acids is 1. The average molecular weight is 401 g/mol. The minimum Gasteiger partial charge on any atom is -0.490 e. The molecule has 1 aliphatic rings. The van der Waals surface area contributed by atoms with Gasteiger partial charge in [0.05, 0.1) is 4.90 Å². The first-order valence-corrected chi connectivity index (χ1v) is 10.6. The number of carbonyl (C=O) groups is 1. The Balaban J connectivity index is 1.78. The topological polar surface area (TPSA) is 75.7 Å². The Bertz CT molecular complexity index is 962. The molecule has 148 valence electrons.